The van der Waals surface area contributed by atoms with Crippen LogP contribution >= 0.6 is 0 Å². The topological polar surface area (TPSA) is 95.0 Å². The van der Waals surface area contributed by atoms with Crippen LogP contribution in [0.15, 0.2) is 18.3 Å². The molecule has 0 spiro atoms. The molecule has 6 heteroatoms. The Hall–Kier alpha value is -2.13. The zero-order valence-corrected chi connectivity index (χ0v) is 13.8. The van der Waals surface area contributed by atoms with Crippen LogP contribution in [0.25, 0.3) is 0 Å². The van der Waals surface area contributed by atoms with E-state index in [0.29, 0.717) is 17.9 Å². The number of carbonyl (C=O) groups is 1. The van der Waals surface area contributed by atoms with Crippen LogP contribution in [-0.4, -0.2) is 36.1 Å². The molecule has 6 nitrogen and oxygen atoms in total. The molecule has 0 aliphatic carbocycles. The Bertz CT molecular complexity index is 573. The van der Waals surface area contributed by atoms with Gasteiger partial charge in [0.25, 0.3) is 0 Å². The third kappa shape index (κ3) is 4.67. The average molecular weight is 315 g/mol. The van der Waals surface area contributed by atoms with Crippen molar-refractivity contribution >= 4 is 11.7 Å². The molecule has 23 heavy (non-hydrogen) atoms. The van der Waals surface area contributed by atoms with Crippen LogP contribution in [0.3, 0.4) is 0 Å². The van der Waals surface area contributed by atoms with Crippen molar-refractivity contribution in [1.82, 2.24) is 10.3 Å². The fourth-order valence-electron chi connectivity index (χ4n) is 2.89. The van der Waals surface area contributed by atoms with E-state index in [2.05, 4.69) is 35.1 Å². The second kappa shape index (κ2) is 7.93. The summed E-state index contributed by atoms with van der Waals surface area (Å²) in [4.78, 5) is 18.5. The second-order valence-electron chi connectivity index (χ2n) is 6.49. The highest BCUT2D eigenvalue weighted by atomic mass is 16.2. The molecular formula is C17H25N5O. The van der Waals surface area contributed by atoms with Gasteiger partial charge in [-0.1, -0.05) is 13.8 Å². The van der Waals surface area contributed by atoms with Crippen molar-refractivity contribution in [3.8, 4) is 6.07 Å². The quantitative estimate of drug-likeness (QED) is 0.856. The first kappa shape index (κ1) is 17.2. The van der Waals surface area contributed by atoms with Crippen molar-refractivity contribution in [2.45, 2.75) is 45.2 Å². The predicted octanol–water partition coefficient (Wildman–Crippen LogP) is 1.41. The number of aromatic nitrogens is 1. The normalized spacial score (nSPS) is 16.9. The molecule has 1 fully saturated rings. The molecule has 3 N–H and O–H groups in total. The van der Waals surface area contributed by atoms with Crippen LogP contribution in [0, 0.1) is 17.2 Å². The number of hydrogen-bond acceptors (Lipinski definition) is 5. The van der Waals surface area contributed by atoms with Gasteiger partial charge in [0.15, 0.2) is 0 Å². The number of nitriles is 1. The Labute approximate surface area is 137 Å². The summed E-state index contributed by atoms with van der Waals surface area (Å²) >= 11 is 0. The molecule has 0 aromatic carbocycles. The Morgan fingerprint density at radius 1 is 1.52 bits per heavy atom. The maximum Gasteiger partial charge on any atom is 0.237 e. The average Bonchev–Trinajstić information content (AvgIpc) is 2.55. The van der Waals surface area contributed by atoms with Gasteiger partial charge in [0.1, 0.15) is 11.9 Å². The Kier molecular flexibility index (Phi) is 5.94. The van der Waals surface area contributed by atoms with Crippen LogP contribution in [-0.2, 0) is 4.79 Å². The number of nitrogens with one attached hydrogen (secondary N) is 1. The number of nitrogens with two attached hydrogens (primary N) is 1. The van der Waals surface area contributed by atoms with Crippen molar-refractivity contribution < 1.29 is 4.79 Å². The van der Waals surface area contributed by atoms with E-state index in [4.69, 9.17) is 11.0 Å². The van der Waals surface area contributed by atoms with Crippen molar-refractivity contribution in [2.24, 2.45) is 11.7 Å². The first-order valence-electron chi connectivity index (χ1n) is 8.17. The molecule has 0 bridgehead atoms. The number of rotatable bonds is 5. The zero-order valence-electron chi connectivity index (χ0n) is 13.8. The van der Waals surface area contributed by atoms with Crippen LogP contribution in [0.5, 0.6) is 0 Å². The van der Waals surface area contributed by atoms with E-state index in [1.54, 1.807) is 18.3 Å². The number of carbonyl (C=O) groups excluding carboxylic acids is 1. The maximum atomic E-state index is 12.1. The third-order valence-electron chi connectivity index (χ3n) is 4.11. The molecule has 1 saturated heterocycles. The summed E-state index contributed by atoms with van der Waals surface area (Å²) in [5.74, 6) is 1.08. The van der Waals surface area contributed by atoms with Crippen molar-refractivity contribution in [1.29, 1.82) is 5.26 Å². The molecule has 1 aliphatic rings. The molecule has 124 valence electrons. The molecule has 2 rings (SSSR count). The van der Waals surface area contributed by atoms with Gasteiger partial charge in [0.2, 0.25) is 5.91 Å². The second-order valence-corrected chi connectivity index (χ2v) is 6.49. The minimum atomic E-state index is -0.436. The van der Waals surface area contributed by atoms with Gasteiger partial charge in [-0.2, -0.15) is 5.26 Å². The standard InChI is InChI=1S/C17H25N5O/c1-12(2)10-15(19)17(23)21-14-5-8-22(9-6-14)16-13(11-18)4-3-7-20-16/h3-4,7,12,14-15H,5-6,8-10,19H2,1-2H3,(H,21,23)/t15-/m1/s1. The summed E-state index contributed by atoms with van der Waals surface area (Å²) in [6.07, 6.45) is 4.07. The number of hydrogen-bond donors (Lipinski definition) is 2. The molecular weight excluding hydrogens is 290 g/mol. The number of piperidine rings is 1. The molecule has 1 aromatic rings. The van der Waals surface area contributed by atoms with Gasteiger partial charge >= 0.3 is 0 Å². The number of pyridine rings is 1. The fourth-order valence-corrected chi connectivity index (χ4v) is 2.89. The van der Waals surface area contributed by atoms with E-state index in [9.17, 15) is 4.79 Å². The van der Waals surface area contributed by atoms with Gasteiger partial charge in [-0.15, -0.1) is 0 Å². The smallest absolute Gasteiger partial charge is 0.237 e. The first-order chi connectivity index (χ1) is 11.0. The summed E-state index contributed by atoms with van der Waals surface area (Å²) < 4.78 is 0. The van der Waals surface area contributed by atoms with Gasteiger partial charge < -0.3 is 16.0 Å². The van der Waals surface area contributed by atoms with Crippen molar-refractivity contribution in [3.05, 3.63) is 23.9 Å². The molecule has 1 amide bonds. The van der Waals surface area contributed by atoms with E-state index in [1.807, 2.05) is 0 Å². The highest BCUT2D eigenvalue weighted by Gasteiger charge is 2.24. The molecule has 0 saturated carbocycles. The van der Waals surface area contributed by atoms with Crippen LogP contribution < -0.4 is 16.0 Å². The SMILES string of the molecule is CC(C)C[C@@H](N)C(=O)NC1CCN(c2ncccc2C#N)CC1. The van der Waals surface area contributed by atoms with E-state index in [1.165, 1.54) is 0 Å². The summed E-state index contributed by atoms with van der Waals surface area (Å²) in [5.41, 5.74) is 6.51. The fraction of sp³-hybridized carbons (Fsp3) is 0.588. The lowest BCUT2D eigenvalue weighted by Gasteiger charge is -2.34. The largest absolute Gasteiger partial charge is 0.355 e. The van der Waals surface area contributed by atoms with E-state index in [-0.39, 0.29) is 11.9 Å². The highest BCUT2D eigenvalue weighted by molar-refractivity contribution is 5.81. The zero-order chi connectivity index (χ0) is 16.8. The summed E-state index contributed by atoms with van der Waals surface area (Å²) in [7, 11) is 0. The minimum Gasteiger partial charge on any atom is -0.355 e. The monoisotopic (exact) mass is 315 g/mol. The minimum absolute atomic E-state index is 0.0623. The first-order valence-corrected chi connectivity index (χ1v) is 8.17. The van der Waals surface area contributed by atoms with Crippen molar-refractivity contribution in [3.63, 3.8) is 0 Å². The van der Waals surface area contributed by atoms with Crippen LogP contribution in [0.4, 0.5) is 5.82 Å². The molecule has 0 unspecified atom stereocenters. The lowest BCUT2D eigenvalue weighted by molar-refractivity contribution is -0.123. The Balaban J connectivity index is 1.87. The Morgan fingerprint density at radius 2 is 2.22 bits per heavy atom. The van der Waals surface area contributed by atoms with Crippen LogP contribution in [0.1, 0.15) is 38.7 Å². The molecule has 1 atom stereocenters. The van der Waals surface area contributed by atoms with Gasteiger partial charge in [0, 0.05) is 25.3 Å². The summed E-state index contributed by atoms with van der Waals surface area (Å²) in [5, 5.41) is 12.2. The van der Waals surface area contributed by atoms with E-state index < -0.39 is 6.04 Å². The molecule has 1 aliphatic heterocycles. The predicted molar refractivity (Wildman–Crippen MR) is 89.8 cm³/mol. The van der Waals surface area contributed by atoms with Gasteiger partial charge in [-0.05, 0) is 37.3 Å². The van der Waals surface area contributed by atoms with Gasteiger partial charge in [0.05, 0.1) is 11.6 Å². The van der Waals surface area contributed by atoms with Gasteiger partial charge in [-0.25, -0.2) is 4.98 Å². The summed E-state index contributed by atoms with van der Waals surface area (Å²) in [6.45, 7) is 5.67. The number of amides is 1. The molecule has 2 heterocycles. The van der Waals surface area contributed by atoms with E-state index in [0.717, 1.165) is 31.7 Å². The number of anilines is 1. The van der Waals surface area contributed by atoms with E-state index >= 15 is 0 Å². The molecule has 1 aromatic heterocycles. The lowest BCUT2D eigenvalue weighted by Crippen LogP contribution is -2.50. The molecule has 0 radical (unpaired) electrons. The maximum absolute atomic E-state index is 12.1. The van der Waals surface area contributed by atoms with Gasteiger partial charge in [-0.3, -0.25) is 4.79 Å². The highest BCUT2D eigenvalue weighted by Crippen LogP contribution is 2.21. The lowest BCUT2D eigenvalue weighted by atomic mass is 10.0. The van der Waals surface area contributed by atoms with Crippen molar-refractivity contribution in [2.75, 3.05) is 18.0 Å². The third-order valence-corrected chi connectivity index (χ3v) is 4.11. The van der Waals surface area contributed by atoms with Crippen LogP contribution in [0.2, 0.25) is 0 Å². The number of nitrogens with zero attached hydrogens (tertiary/aromatic N) is 3. The Morgan fingerprint density at radius 3 is 2.83 bits per heavy atom. The summed E-state index contributed by atoms with van der Waals surface area (Å²) in [6, 6.07) is 5.44.